The van der Waals surface area contributed by atoms with Crippen LogP contribution in [0.25, 0.3) is 0 Å². The number of hydrogen-bond donors (Lipinski definition) is 1. The summed E-state index contributed by atoms with van der Waals surface area (Å²) in [5.41, 5.74) is 0. The summed E-state index contributed by atoms with van der Waals surface area (Å²) < 4.78 is 10.1. The lowest BCUT2D eigenvalue weighted by atomic mass is 10.2. The van der Waals surface area contributed by atoms with Gasteiger partial charge in [0.25, 0.3) is 0 Å². The average Bonchev–Trinajstić information content (AvgIpc) is 2.11. The number of carboxylic acid groups (broad SMARTS) is 1. The van der Waals surface area contributed by atoms with Crippen LogP contribution < -0.4 is 0 Å². The van der Waals surface area contributed by atoms with E-state index in [2.05, 4.69) is 11.7 Å². The van der Waals surface area contributed by atoms with Crippen molar-refractivity contribution < 1.29 is 19.4 Å². The summed E-state index contributed by atoms with van der Waals surface area (Å²) >= 11 is 0. The van der Waals surface area contributed by atoms with Crippen LogP contribution in [0, 0.1) is 0 Å². The maximum Gasteiger partial charge on any atom is 0.506 e. The first-order chi connectivity index (χ1) is 6.61. The van der Waals surface area contributed by atoms with E-state index in [1.165, 1.54) is 0 Å². The highest BCUT2D eigenvalue weighted by Crippen LogP contribution is 2.09. The van der Waals surface area contributed by atoms with Crippen molar-refractivity contribution in [2.75, 3.05) is 6.61 Å². The molecule has 2 atom stereocenters. The SMILES string of the molecule is CCCCOC(CC)C(C)OC(=O)O. The van der Waals surface area contributed by atoms with Gasteiger partial charge in [0.15, 0.2) is 0 Å². The molecular formula is C10H20O4. The molecule has 0 radical (unpaired) electrons. The van der Waals surface area contributed by atoms with Crippen molar-refractivity contribution in [1.82, 2.24) is 0 Å². The lowest BCUT2D eigenvalue weighted by Gasteiger charge is -2.21. The van der Waals surface area contributed by atoms with E-state index in [0.29, 0.717) is 6.61 Å². The largest absolute Gasteiger partial charge is 0.506 e. The summed E-state index contributed by atoms with van der Waals surface area (Å²) in [4.78, 5) is 10.3. The fourth-order valence-corrected chi connectivity index (χ4v) is 1.20. The average molecular weight is 204 g/mol. The van der Waals surface area contributed by atoms with Crippen LogP contribution in [0.4, 0.5) is 4.79 Å². The molecule has 4 nitrogen and oxygen atoms in total. The molecule has 0 aromatic carbocycles. The van der Waals surface area contributed by atoms with Crippen molar-refractivity contribution in [2.45, 2.75) is 52.2 Å². The zero-order valence-electron chi connectivity index (χ0n) is 9.16. The Labute approximate surface area is 85.2 Å². The Kier molecular flexibility index (Phi) is 7.20. The molecule has 0 fully saturated rings. The zero-order valence-corrected chi connectivity index (χ0v) is 9.16. The van der Waals surface area contributed by atoms with Crippen LogP contribution in [-0.4, -0.2) is 30.1 Å². The Balaban J connectivity index is 3.80. The van der Waals surface area contributed by atoms with Crippen molar-refractivity contribution in [3.8, 4) is 0 Å². The number of ether oxygens (including phenoxy) is 2. The summed E-state index contributed by atoms with van der Waals surface area (Å²) in [7, 11) is 0. The summed E-state index contributed by atoms with van der Waals surface area (Å²) in [6, 6.07) is 0. The van der Waals surface area contributed by atoms with Gasteiger partial charge in [0.05, 0.1) is 6.10 Å². The van der Waals surface area contributed by atoms with E-state index in [1.54, 1.807) is 6.92 Å². The molecule has 0 aliphatic carbocycles. The number of hydrogen-bond acceptors (Lipinski definition) is 3. The molecule has 0 amide bonds. The molecule has 0 aliphatic rings. The van der Waals surface area contributed by atoms with Gasteiger partial charge in [0.2, 0.25) is 0 Å². The van der Waals surface area contributed by atoms with E-state index >= 15 is 0 Å². The Morgan fingerprint density at radius 3 is 2.50 bits per heavy atom. The second kappa shape index (κ2) is 7.62. The summed E-state index contributed by atoms with van der Waals surface area (Å²) in [6.07, 6.45) is 1.07. The number of unbranched alkanes of at least 4 members (excludes halogenated alkanes) is 1. The fourth-order valence-electron chi connectivity index (χ4n) is 1.20. The maximum atomic E-state index is 10.3. The van der Waals surface area contributed by atoms with Gasteiger partial charge in [-0.2, -0.15) is 0 Å². The van der Waals surface area contributed by atoms with Crippen LogP contribution in [0.5, 0.6) is 0 Å². The molecule has 1 N–H and O–H groups in total. The summed E-state index contributed by atoms with van der Waals surface area (Å²) in [5, 5.41) is 8.42. The monoisotopic (exact) mass is 204 g/mol. The second-order valence-corrected chi connectivity index (χ2v) is 3.26. The molecule has 2 unspecified atom stereocenters. The molecule has 0 aliphatic heterocycles. The normalized spacial score (nSPS) is 14.8. The van der Waals surface area contributed by atoms with Gasteiger partial charge >= 0.3 is 6.16 Å². The molecule has 14 heavy (non-hydrogen) atoms. The summed E-state index contributed by atoms with van der Waals surface area (Å²) in [6.45, 7) is 6.43. The van der Waals surface area contributed by atoms with Crippen molar-refractivity contribution in [1.29, 1.82) is 0 Å². The Morgan fingerprint density at radius 1 is 1.43 bits per heavy atom. The predicted molar refractivity (Wildman–Crippen MR) is 53.5 cm³/mol. The smallest absolute Gasteiger partial charge is 0.450 e. The first-order valence-electron chi connectivity index (χ1n) is 5.13. The van der Waals surface area contributed by atoms with Gasteiger partial charge in [-0.25, -0.2) is 4.79 Å². The third-order valence-corrected chi connectivity index (χ3v) is 2.04. The van der Waals surface area contributed by atoms with Crippen molar-refractivity contribution in [3.63, 3.8) is 0 Å². The fraction of sp³-hybridized carbons (Fsp3) is 0.900. The Bertz CT molecular complexity index is 158. The standard InChI is InChI=1S/C10H20O4/c1-4-6-7-13-9(5-2)8(3)14-10(11)12/h8-9H,4-7H2,1-3H3,(H,11,12). The highest BCUT2D eigenvalue weighted by molar-refractivity contribution is 5.57. The van der Waals surface area contributed by atoms with Crippen LogP contribution in [0.1, 0.15) is 40.0 Å². The molecule has 84 valence electrons. The summed E-state index contributed by atoms with van der Waals surface area (Å²) in [5.74, 6) is 0. The molecule has 0 saturated carbocycles. The van der Waals surface area contributed by atoms with Gasteiger partial charge in [-0.1, -0.05) is 20.3 Å². The molecule has 0 aromatic heterocycles. The third kappa shape index (κ3) is 5.80. The van der Waals surface area contributed by atoms with Crippen LogP contribution in [0.3, 0.4) is 0 Å². The minimum absolute atomic E-state index is 0.127. The molecule has 0 bridgehead atoms. The zero-order chi connectivity index (χ0) is 11.0. The van der Waals surface area contributed by atoms with Crippen molar-refractivity contribution >= 4 is 6.16 Å². The van der Waals surface area contributed by atoms with Gasteiger partial charge in [-0.15, -0.1) is 0 Å². The van der Waals surface area contributed by atoms with E-state index in [1.807, 2.05) is 6.92 Å². The highest BCUT2D eigenvalue weighted by atomic mass is 16.7. The van der Waals surface area contributed by atoms with Crippen LogP contribution in [0.15, 0.2) is 0 Å². The first kappa shape index (κ1) is 13.2. The van der Waals surface area contributed by atoms with E-state index in [-0.39, 0.29) is 6.10 Å². The van der Waals surface area contributed by atoms with Gasteiger partial charge in [0, 0.05) is 6.61 Å². The Morgan fingerprint density at radius 2 is 2.07 bits per heavy atom. The van der Waals surface area contributed by atoms with E-state index in [4.69, 9.17) is 9.84 Å². The molecule has 0 rings (SSSR count). The number of rotatable bonds is 7. The first-order valence-corrected chi connectivity index (χ1v) is 5.13. The highest BCUT2D eigenvalue weighted by Gasteiger charge is 2.19. The quantitative estimate of drug-likeness (QED) is 0.511. The molecule has 0 heterocycles. The molecular weight excluding hydrogens is 184 g/mol. The van der Waals surface area contributed by atoms with Gasteiger partial charge in [-0.3, -0.25) is 0 Å². The third-order valence-electron chi connectivity index (χ3n) is 2.04. The maximum absolute atomic E-state index is 10.3. The van der Waals surface area contributed by atoms with E-state index in [0.717, 1.165) is 19.3 Å². The Hall–Kier alpha value is -0.770. The molecule has 0 saturated heterocycles. The lowest BCUT2D eigenvalue weighted by Crippen LogP contribution is -2.30. The van der Waals surface area contributed by atoms with Crippen LogP contribution in [-0.2, 0) is 9.47 Å². The topological polar surface area (TPSA) is 55.8 Å². The predicted octanol–water partition coefficient (Wildman–Crippen LogP) is 2.66. The minimum Gasteiger partial charge on any atom is -0.450 e. The van der Waals surface area contributed by atoms with Gasteiger partial charge in [0.1, 0.15) is 6.10 Å². The molecule has 0 aromatic rings. The van der Waals surface area contributed by atoms with Gasteiger partial charge in [-0.05, 0) is 19.8 Å². The minimum atomic E-state index is -1.24. The lowest BCUT2D eigenvalue weighted by molar-refractivity contribution is -0.0506. The van der Waals surface area contributed by atoms with Crippen LogP contribution >= 0.6 is 0 Å². The molecule has 0 spiro atoms. The van der Waals surface area contributed by atoms with Crippen molar-refractivity contribution in [3.05, 3.63) is 0 Å². The van der Waals surface area contributed by atoms with Crippen LogP contribution in [0.2, 0.25) is 0 Å². The van der Waals surface area contributed by atoms with E-state index in [9.17, 15) is 4.79 Å². The second-order valence-electron chi connectivity index (χ2n) is 3.26. The molecule has 4 heteroatoms. The van der Waals surface area contributed by atoms with Gasteiger partial charge < -0.3 is 14.6 Å². The van der Waals surface area contributed by atoms with E-state index < -0.39 is 12.3 Å². The number of carbonyl (C=O) groups is 1. The van der Waals surface area contributed by atoms with Crippen molar-refractivity contribution in [2.24, 2.45) is 0 Å².